The van der Waals surface area contributed by atoms with Gasteiger partial charge in [-0.25, -0.2) is 18.4 Å². The number of primary amides is 1. The van der Waals surface area contributed by atoms with E-state index in [0.717, 1.165) is 5.56 Å². The number of aromatic nitrogens is 2. The highest BCUT2D eigenvalue weighted by atomic mass is 32.2. The van der Waals surface area contributed by atoms with Crippen molar-refractivity contribution in [1.29, 1.82) is 0 Å². The maximum absolute atomic E-state index is 13.0. The van der Waals surface area contributed by atoms with Crippen LogP contribution in [-0.2, 0) is 14.8 Å². The third-order valence-corrected chi connectivity index (χ3v) is 6.67. The molecule has 4 rings (SSSR count). The molecule has 1 saturated heterocycles. The fourth-order valence-electron chi connectivity index (χ4n) is 3.56. The second-order valence-corrected chi connectivity index (χ2v) is 9.15. The molecular weight excluding hydrogens is 402 g/mol. The van der Waals surface area contributed by atoms with Crippen LogP contribution in [0.15, 0.2) is 53.4 Å². The predicted octanol–water partition coefficient (Wildman–Crippen LogP) is 2.44. The van der Waals surface area contributed by atoms with Gasteiger partial charge in [0.05, 0.1) is 15.9 Å². The van der Waals surface area contributed by atoms with Gasteiger partial charge in [-0.3, -0.25) is 9.52 Å². The lowest BCUT2D eigenvalue weighted by Gasteiger charge is -2.32. The summed E-state index contributed by atoms with van der Waals surface area (Å²) in [6.45, 7) is 2.98. The highest BCUT2D eigenvalue weighted by Crippen LogP contribution is 2.30. The molecule has 1 fully saturated rings. The molecule has 0 saturated carbocycles. The number of anilines is 2. The van der Waals surface area contributed by atoms with Crippen molar-refractivity contribution in [2.75, 3.05) is 22.7 Å². The molecule has 30 heavy (non-hydrogen) atoms. The minimum absolute atomic E-state index is 0.154. The molecule has 0 spiro atoms. The standard InChI is InChI=1S/C21H23N5O3S/c1-14-6-8-16(9-7-14)30(28,29)25-20-21(24-18-5-3-2-4-17(18)23-20)26-12-10-15(11-13-26)19(22)27/h2-9,15H,10-13H2,1H3,(H2,22,27)(H,23,25). The first-order chi connectivity index (χ1) is 14.3. The van der Waals surface area contributed by atoms with Crippen LogP contribution in [0.5, 0.6) is 0 Å². The van der Waals surface area contributed by atoms with E-state index in [9.17, 15) is 13.2 Å². The number of nitrogens with zero attached hydrogens (tertiary/aromatic N) is 3. The van der Waals surface area contributed by atoms with Crippen molar-refractivity contribution in [3.8, 4) is 0 Å². The van der Waals surface area contributed by atoms with E-state index in [1.54, 1.807) is 30.3 Å². The Hall–Kier alpha value is -3.20. The van der Waals surface area contributed by atoms with Gasteiger partial charge >= 0.3 is 0 Å². The lowest BCUT2D eigenvalue weighted by atomic mass is 9.96. The number of para-hydroxylation sites is 2. The van der Waals surface area contributed by atoms with E-state index in [2.05, 4.69) is 14.7 Å². The summed E-state index contributed by atoms with van der Waals surface area (Å²) in [4.78, 5) is 22.8. The number of amides is 1. The lowest BCUT2D eigenvalue weighted by molar-refractivity contribution is -0.122. The molecule has 0 unspecified atom stereocenters. The number of sulfonamides is 1. The van der Waals surface area contributed by atoms with Crippen LogP contribution in [0.3, 0.4) is 0 Å². The van der Waals surface area contributed by atoms with Crippen LogP contribution in [0.1, 0.15) is 18.4 Å². The summed E-state index contributed by atoms with van der Waals surface area (Å²) in [6, 6.07) is 13.9. The van der Waals surface area contributed by atoms with E-state index in [1.165, 1.54) is 0 Å². The number of nitrogens with one attached hydrogen (secondary N) is 1. The third-order valence-electron chi connectivity index (χ3n) is 5.31. The molecule has 2 heterocycles. The van der Waals surface area contributed by atoms with E-state index in [1.807, 2.05) is 30.0 Å². The van der Waals surface area contributed by atoms with Crippen LogP contribution in [0.4, 0.5) is 11.6 Å². The number of carbonyl (C=O) groups is 1. The van der Waals surface area contributed by atoms with Gasteiger partial charge < -0.3 is 10.6 Å². The predicted molar refractivity (Wildman–Crippen MR) is 116 cm³/mol. The fraction of sp³-hybridized carbons (Fsp3) is 0.286. The summed E-state index contributed by atoms with van der Waals surface area (Å²) >= 11 is 0. The maximum Gasteiger partial charge on any atom is 0.263 e. The first-order valence-corrected chi connectivity index (χ1v) is 11.2. The number of piperidine rings is 1. The van der Waals surface area contributed by atoms with Crippen molar-refractivity contribution in [3.05, 3.63) is 54.1 Å². The third kappa shape index (κ3) is 4.06. The summed E-state index contributed by atoms with van der Waals surface area (Å²) in [6.07, 6.45) is 1.18. The number of hydrogen-bond donors (Lipinski definition) is 2. The smallest absolute Gasteiger partial charge is 0.263 e. The molecule has 0 bridgehead atoms. The van der Waals surface area contributed by atoms with Crippen molar-refractivity contribution in [1.82, 2.24) is 9.97 Å². The molecule has 9 heteroatoms. The Labute approximate surface area is 175 Å². The Morgan fingerprint density at radius 1 is 1.03 bits per heavy atom. The molecule has 3 aromatic rings. The minimum Gasteiger partial charge on any atom is -0.369 e. The van der Waals surface area contributed by atoms with E-state index in [4.69, 9.17) is 5.73 Å². The molecule has 0 atom stereocenters. The molecule has 3 N–H and O–H groups in total. The van der Waals surface area contributed by atoms with Crippen LogP contribution >= 0.6 is 0 Å². The Balaban J connectivity index is 1.72. The molecule has 156 valence electrons. The van der Waals surface area contributed by atoms with Crippen LogP contribution in [-0.4, -0.2) is 37.4 Å². The van der Waals surface area contributed by atoms with Gasteiger partial charge in [0, 0.05) is 19.0 Å². The minimum atomic E-state index is -3.84. The first kappa shape index (κ1) is 20.1. The Morgan fingerprint density at radius 3 is 2.23 bits per heavy atom. The van der Waals surface area contributed by atoms with Gasteiger partial charge in [-0.15, -0.1) is 0 Å². The van der Waals surface area contributed by atoms with Crippen molar-refractivity contribution >= 4 is 38.6 Å². The summed E-state index contributed by atoms with van der Waals surface area (Å²) in [7, 11) is -3.84. The van der Waals surface area contributed by atoms with Crippen molar-refractivity contribution < 1.29 is 13.2 Å². The highest BCUT2D eigenvalue weighted by Gasteiger charge is 2.27. The summed E-state index contributed by atoms with van der Waals surface area (Å²) in [5, 5.41) is 0. The zero-order chi connectivity index (χ0) is 21.3. The number of fused-ring (bicyclic) bond motifs is 1. The molecule has 0 radical (unpaired) electrons. The zero-order valence-electron chi connectivity index (χ0n) is 16.6. The maximum atomic E-state index is 13.0. The quantitative estimate of drug-likeness (QED) is 0.648. The number of carbonyl (C=O) groups excluding carboxylic acids is 1. The number of hydrogen-bond acceptors (Lipinski definition) is 6. The molecule has 1 aliphatic rings. The van der Waals surface area contributed by atoms with E-state index < -0.39 is 10.0 Å². The SMILES string of the molecule is Cc1ccc(S(=O)(=O)Nc2nc3ccccc3nc2N2CCC(C(N)=O)CC2)cc1. The average Bonchev–Trinajstić information content (AvgIpc) is 2.73. The van der Waals surface area contributed by atoms with Crippen LogP contribution in [0.25, 0.3) is 11.0 Å². The van der Waals surface area contributed by atoms with Gasteiger partial charge in [-0.05, 0) is 44.0 Å². The van der Waals surface area contributed by atoms with Crippen molar-refractivity contribution in [3.63, 3.8) is 0 Å². The first-order valence-electron chi connectivity index (χ1n) is 9.74. The Bertz CT molecular complexity index is 1190. The second-order valence-electron chi connectivity index (χ2n) is 7.47. The summed E-state index contributed by atoms with van der Waals surface area (Å²) in [5.41, 5.74) is 7.67. The van der Waals surface area contributed by atoms with Gasteiger partial charge in [0.25, 0.3) is 10.0 Å². The number of benzene rings is 2. The van der Waals surface area contributed by atoms with Crippen LogP contribution in [0.2, 0.25) is 0 Å². The number of rotatable bonds is 5. The zero-order valence-corrected chi connectivity index (χ0v) is 17.4. The normalized spacial score (nSPS) is 15.3. The number of aryl methyl sites for hydroxylation is 1. The highest BCUT2D eigenvalue weighted by molar-refractivity contribution is 7.92. The topological polar surface area (TPSA) is 118 Å². The van der Waals surface area contributed by atoms with Gasteiger partial charge in [0.1, 0.15) is 0 Å². The average molecular weight is 426 g/mol. The Morgan fingerprint density at radius 2 is 1.63 bits per heavy atom. The summed E-state index contributed by atoms with van der Waals surface area (Å²) < 4.78 is 28.5. The van der Waals surface area contributed by atoms with Gasteiger partial charge in [-0.2, -0.15) is 0 Å². The van der Waals surface area contributed by atoms with E-state index >= 15 is 0 Å². The molecule has 8 nitrogen and oxygen atoms in total. The van der Waals surface area contributed by atoms with Crippen LogP contribution in [0, 0.1) is 12.8 Å². The number of nitrogens with two attached hydrogens (primary N) is 1. The van der Waals surface area contributed by atoms with Crippen molar-refractivity contribution in [2.45, 2.75) is 24.7 Å². The van der Waals surface area contributed by atoms with Gasteiger partial charge in [0.2, 0.25) is 5.91 Å². The monoisotopic (exact) mass is 425 g/mol. The van der Waals surface area contributed by atoms with E-state index in [-0.39, 0.29) is 22.5 Å². The van der Waals surface area contributed by atoms with E-state index in [0.29, 0.717) is 42.8 Å². The van der Waals surface area contributed by atoms with Crippen molar-refractivity contribution in [2.24, 2.45) is 11.7 Å². The molecule has 2 aromatic carbocycles. The van der Waals surface area contributed by atoms with Gasteiger partial charge in [0.15, 0.2) is 11.6 Å². The Kier molecular flexibility index (Phi) is 5.29. The fourth-order valence-corrected chi connectivity index (χ4v) is 4.56. The molecule has 1 aromatic heterocycles. The molecule has 1 aliphatic heterocycles. The second kappa shape index (κ2) is 7.91. The van der Waals surface area contributed by atoms with Gasteiger partial charge in [-0.1, -0.05) is 29.8 Å². The molecule has 1 amide bonds. The lowest BCUT2D eigenvalue weighted by Crippen LogP contribution is -2.39. The summed E-state index contributed by atoms with van der Waals surface area (Å²) in [5.74, 6) is 0.140. The van der Waals surface area contributed by atoms with Crippen LogP contribution < -0.4 is 15.4 Å². The molecular formula is C21H23N5O3S. The molecule has 0 aliphatic carbocycles. The largest absolute Gasteiger partial charge is 0.369 e.